The zero-order valence-electron chi connectivity index (χ0n) is 21.9. The van der Waals surface area contributed by atoms with Crippen LogP contribution in [0.2, 0.25) is 5.02 Å². The van der Waals surface area contributed by atoms with Gasteiger partial charge in [0.1, 0.15) is 11.6 Å². The molecule has 190 valence electrons. The molecule has 1 heterocycles. The summed E-state index contributed by atoms with van der Waals surface area (Å²) >= 11 is 8.45. The zero-order valence-corrected chi connectivity index (χ0v) is 23.5. The molecule has 4 nitrogen and oxygen atoms in total. The number of benzene rings is 2. The van der Waals surface area contributed by atoms with Gasteiger partial charge in [-0.05, 0) is 87.8 Å². The highest BCUT2D eigenvalue weighted by atomic mass is 35.5. The van der Waals surface area contributed by atoms with E-state index in [1.165, 1.54) is 10.5 Å². The minimum atomic E-state index is -0.529. The molecule has 1 aliphatic heterocycles. The smallest absolute Gasteiger partial charge is 0.212 e. The number of aryl methyl sites for hydroxylation is 2. The first-order chi connectivity index (χ1) is 16.8. The maximum Gasteiger partial charge on any atom is 0.212 e. The van der Waals surface area contributed by atoms with Crippen LogP contribution in [0.5, 0.6) is 0 Å². The maximum atomic E-state index is 6.70. The molecule has 0 aliphatic carbocycles. The van der Waals surface area contributed by atoms with Crippen molar-refractivity contribution in [1.82, 2.24) is 0 Å². The van der Waals surface area contributed by atoms with E-state index in [1.807, 2.05) is 13.8 Å². The van der Waals surface area contributed by atoms with E-state index in [2.05, 4.69) is 70.2 Å². The van der Waals surface area contributed by atoms with Crippen LogP contribution in [-0.2, 0) is 22.3 Å². The summed E-state index contributed by atoms with van der Waals surface area (Å²) in [5.74, 6) is 1.73. The van der Waals surface area contributed by atoms with Crippen LogP contribution in [0.4, 0.5) is 0 Å². The molecule has 35 heavy (non-hydrogen) atoms. The lowest BCUT2D eigenvalue weighted by molar-refractivity contribution is 0.255. The van der Waals surface area contributed by atoms with Gasteiger partial charge in [-0.15, -0.1) is 0 Å². The van der Waals surface area contributed by atoms with E-state index in [1.54, 1.807) is 11.8 Å². The van der Waals surface area contributed by atoms with E-state index in [0.717, 1.165) is 47.1 Å². The summed E-state index contributed by atoms with van der Waals surface area (Å²) in [6.45, 7) is 13.7. The summed E-state index contributed by atoms with van der Waals surface area (Å²) < 4.78 is 11.9. The quantitative estimate of drug-likeness (QED) is 0.322. The third-order valence-electron chi connectivity index (χ3n) is 6.21. The maximum absolute atomic E-state index is 6.70. The Labute approximate surface area is 220 Å². The molecular weight excluding hydrogens is 476 g/mol. The van der Waals surface area contributed by atoms with Gasteiger partial charge in [0, 0.05) is 14.8 Å². The van der Waals surface area contributed by atoms with Crippen molar-refractivity contribution in [2.24, 2.45) is 15.9 Å². The van der Waals surface area contributed by atoms with E-state index in [-0.39, 0.29) is 6.04 Å². The molecule has 0 fully saturated rings. The number of rotatable bonds is 10. The fourth-order valence-electron chi connectivity index (χ4n) is 4.25. The second-order valence-electron chi connectivity index (χ2n) is 9.42. The Morgan fingerprint density at radius 2 is 1.77 bits per heavy atom. The summed E-state index contributed by atoms with van der Waals surface area (Å²) in [5, 5.41) is 0.813. The van der Waals surface area contributed by atoms with Gasteiger partial charge in [-0.2, -0.15) is 0 Å². The van der Waals surface area contributed by atoms with Crippen LogP contribution >= 0.6 is 23.4 Å². The molecule has 0 bridgehead atoms. The van der Waals surface area contributed by atoms with Crippen LogP contribution in [0.15, 0.2) is 62.2 Å². The van der Waals surface area contributed by atoms with E-state index < -0.39 is 5.54 Å². The predicted octanol–water partition coefficient (Wildman–Crippen LogP) is 8.04. The van der Waals surface area contributed by atoms with Crippen molar-refractivity contribution in [3.05, 3.63) is 58.6 Å². The summed E-state index contributed by atoms with van der Waals surface area (Å²) in [6, 6.07) is 15.0. The molecule has 0 aromatic heterocycles. The van der Waals surface area contributed by atoms with Crippen molar-refractivity contribution in [3.63, 3.8) is 0 Å². The van der Waals surface area contributed by atoms with Crippen molar-refractivity contribution in [2.45, 2.75) is 88.6 Å². The van der Waals surface area contributed by atoms with E-state index in [9.17, 15) is 0 Å². The molecule has 2 atom stereocenters. The Balaban J connectivity index is 1.69. The van der Waals surface area contributed by atoms with Gasteiger partial charge < -0.3 is 9.47 Å². The molecule has 2 aromatic carbocycles. The van der Waals surface area contributed by atoms with Crippen molar-refractivity contribution in [1.29, 1.82) is 0 Å². The Bertz CT molecular complexity index is 1050. The molecule has 0 spiro atoms. The number of halogens is 1. The highest BCUT2D eigenvalue weighted by Crippen LogP contribution is 2.33. The van der Waals surface area contributed by atoms with Gasteiger partial charge in [0.15, 0.2) is 0 Å². The monoisotopic (exact) mass is 514 g/mol. The van der Waals surface area contributed by atoms with Gasteiger partial charge in [-0.3, -0.25) is 0 Å². The highest BCUT2D eigenvalue weighted by molar-refractivity contribution is 7.99. The van der Waals surface area contributed by atoms with Crippen LogP contribution < -0.4 is 0 Å². The molecule has 0 saturated carbocycles. The van der Waals surface area contributed by atoms with Crippen LogP contribution in [0.3, 0.4) is 0 Å². The predicted molar refractivity (Wildman–Crippen MR) is 149 cm³/mol. The first-order valence-electron chi connectivity index (χ1n) is 12.8. The zero-order chi connectivity index (χ0) is 25.4. The third kappa shape index (κ3) is 7.27. The summed E-state index contributed by atoms with van der Waals surface area (Å²) in [7, 11) is 0. The van der Waals surface area contributed by atoms with Crippen LogP contribution in [0, 0.1) is 5.92 Å². The Hall–Kier alpha value is -1.98. The number of aliphatic imine (C=N–C) groups is 2. The first kappa shape index (κ1) is 27.6. The standard InChI is InChI=1S/C29H39ClN2O2S/c1-7-21-12-10-14-23(18-21)35-24-16-15-22(25(30)19-24)13-11-17-29(6)28(34-9-3)31-26(20(4)5)27(32-29)33-8-2/h10,12,14-16,18-20,26H,7-9,11,13,17H2,1-6H3/t26-,29+/m0/s1. The summed E-state index contributed by atoms with van der Waals surface area (Å²) in [6.07, 6.45) is 3.64. The average molecular weight is 515 g/mol. The summed E-state index contributed by atoms with van der Waals surface area (Å²) in [5.41, 5.74) is 1.97. The third-order valence-corrected chi connectivity index (χ3v) is 7.54. The summed E-state index contributed by atoms with van der Waals surface area (Å²) in [4.78, 5) is 12.4. The molecule has 3 rings (SSSR count). The number of ether oxygens (including phenoxy) is 2. The molecular formula is C29H39ClN2O2S. The normalized spacial score (nSPS) is 19.9. The van der Waals surface area contributed by atoms with Gasteiger partial charge in [0.2, 0.25) is 11.8 Å². The van der Waals surface area contributed by atoms with E-state index >= 15 is 0 Å². The highest BCUT2D eigenvalue weighted by Gasteiger charge is 2.39. The second kappa shape index (κ2) is 12.8. The fourth-order valence-corrected chi connectivity index (χ4v) is 5.53. The molecule has 0 unspecified atom stereocenters. The first-order valence-corrected chi connectivity index (χ1v) is 14.0. The van der Waals surface area contributed by atoms with Crippen molar-refractivity contribution in [2.75, 3.05) is 13.2 Å². The lowest BCUT2D eigenvalue weighted by Crippen LogP contribution is -2.45. The minimum Gasteiger partial charge on any atom is -0.480 e. The topological polar surface area (TPSA) is 43.2 Å². The van der Waals surface area contributed by atoms with E-state index in [4.69, 9.17) is 31.1 Å². The van der Waals surface area contributed by atoms with Crippen molar-refractivity contribution in [3.8, 4) is 0 Å². The van der Waals surface area contributed by atoms with Crippen LogP contribution in [-0.4, -0.2) is 36.6 Å². The number of nitrogens with zero attached hydrogens (tertiary/aromatic N) is 2. The SMILES string of the molecule is CCOC1=N[C@](C)(CCCc2ccc(Sc3cccc(CC)c3)cc2Cl)C(OCC)=N[C@H]1C(C)C. The molecule has 2 aromatic rings. The second-order valence-corrected chi connectivity index (χ2v) is 11.0. The molecule has 0 amide bonds. The van der Waals surface area contributed by atoms with E-state index in [0.29, 0.717) is 25.0 Å². The largest absolute Gasteiger partial charge is 0.480 e. The number of hydrogen-bond donors (Lipinski definition) is 0. The Morgan fingerprint density at radius 1 is 1.03 bits per heavy atom. The lowest BCUT2D eigenvalue weighted by Gasteiger charge is -2.34. The van der Waals surface area contributed by atoms with Crippen LogP contribution in [0.1, 0.15) is 65.5 Å². The Kier molecular flexibility index (Phi) is 10.1. The fraction of sp³-hybridized carbons (Fsp3) is 0.517. The van der Waals surface area contributed by atoms with Gasteiger partial charge in [0.05, 0.1) is 13.2 Å². The number of hydrogen-bond acceptors (Lipinski definition) is 5. The molecule has 6 heteroatoms. The van der Waals surface area contributed by atoms with Gasteiger partial charge in [-0.1, -0.05) is 62.3 Å². The minimum absolute atomic E-state index is 0.0953. The Morgan fingerprint density at radius 3 is 2.43 bits per heavy atom. The van der Waals surface area contributed by atoms with Gasteiger partial charge in [-0.25, -0.2) is 9.98 Å². The molecule has 1 aliphatic rings. The molecule has 0 saturated heterocycles. The van der Waals surface area contributed by atoms with Crippen molar-refractivity contribution < 1.29 is 9.47 Å². The van der Waals surface area contributed by atoms with Gasteiger partial charge in [0.25, 0.3) is 0 Å². The molecule has 0 N–H and O–H groups in total. The van der Waals surface area contributed by atoms with Crippen molar-refractivity contribution >= 4 is 35.2 Å². The average Bonchev–Trinajstić information content (AvgIpc) is 2.82. The molecule has 0 radical (unpaired) electrons. The lowest BCUT2D eigenvalue weighted by atomic mass is 9.91. The van der Waals surface area contributed by atoms with Gasteiger partial charge >= 0.3 is 0 Å². The van der Waals surface area contributed by atoms with Crippen LogP contribution in [0.25, 0.3) is 0 Å².